The predicted molar refractivity (Wildman–Crippen MR) is 85.6 cm³/mol. The van der Waals surface area contributed by atoms with E-state index in [4.69, 9.17) is 16.3 Å². The number of nitrogens with zero attached hydrogens (tertiary/aromatic N) is 1. The van der Waals surface area contributed by atoms with Crippen LogP contribution in [0.4, 0.5) is 0 Å². The minimum atomic E-state index is -0.799. The Bertz CT molecular complexity index is 629. The summed E-state index contributed by atoms with van der Waals surface area (Å²) < 4.78 is 5.58. The molecule has 1 N–H and O–H groups in total. The molecule has 1 amide bonds. The lowest BCUT2D eigenvalue weighted by molar-refractivity contribution is -0.142. The van der Waals surface area contributed by atoms with E-state index in [0.29, 0.717) is 23.2 Å². The molecule has 2 fully saturated rings. The lowest BCUT2D eigenvalue weighted by Crippen LogP contribution is -2.34. The third-order valence-electron chi connectivity index (χ3n) is 4.75. The fourth-order valence-electron chi connectivity index (χ4n) is 3.30. The van der Waals surface area contributed by atoms with Gasteiger partial charge >= 0.3 is 5.97 Å². The molecule has 3 rings (SSSR count). The minimum absolute atomic E-state index is 0.0772. The smallest absolute Gasteiger partial charge is 0.308 e. The van der Waals surface area contributed by atoms with Gasteiger partial charge in [0.15, 0.2) is 6.61 Å². The second kappa shape index (κ2) is 6.40. The van der Waals surface area contributed by atoms with E-state index in [-0.39, 0.29) is 25.0 Å². The van der Waals surface area contributed by atoms with Gasteiger partial charge in [-0.25, -0.2) is 0 Å². The van der Waals surface area contributed by atoms with Gasteiger partial charge in [0.1, 0.15) is 5.75 Å². The Hall–Kier alpha value is -1.75. The molecule has 0 aromatic heterocycles. The summed E-state index contributed by atoms with van der Waals surface area (Å²) in [5, 5.41) is 9.97. The van der Waals surface area contributed by atoms with Crippen LogP contribution in [0.3, 0.4) is 0 Å². The Balaban J connectivity index is 1.59. The largest absolute Gasteiger partial charge is 0.483 e. The number of likely N-dealkylation sites (tertiary alicyclic amines) is 1. The summed E-state index contributed by atoms with van der Waals surface area (Å²) in [6.45, 7) is 2.61. The number of carbonyl (C=O) groups excluding carboxylic acids is 1. The molecule has 1 aromatic carbocycles. The van der Waals surface area contributed by atoms with Crippen LogP contribution in [-0.4, -0.2) is 41.6 Å². The van der Waals surface area contributed by atoms with Gasteiger partial charge in [-0.15, -0.1) is 0 Å². The first-order chi connectivity index (χ1) is 11.0. The van der Waals surface area contributed by atoms with Gasteiger partial charge in [-0.05, 0) is 55.4 Å². The van der Waals surface area contributed by atoms with E-state index in [1.54, 1.807) is 23.1 Å². The first-order valence-corrected chi connectivity index (χ1v) is 8.23. The van der Waals surface area contributed by atoms with Crippen molar-refractivity contribution < 1.29 is 19.4 Å². The van der Waals surface area contributed by atoms with Crippen LogP contribution in [0.5, 0.6) is 5.75 Å². The number of hydrogen-bond donors (Lipinski definition) is 1. The van der Waals surface area contributed by atoms with Gasteiger partial charge in [0.05, 0.1) is 5.92 Å². The van der Waals surface area contributed by atoms with E-state index >= 15 is 0 Å². The maximum Gasteiger partial charge on any atom is 0.308 e. The molecule has 1 aliphatic heterocycles. The number of hydrogen-bond acceptors (Lipinski definition) is 3. The predicted octanol–water partition coefficient (Wildman–Crippen LogP) is 2.60. The van der Waals surface area contributed by atoms with Crippen molar-refractivity contribution in [3.05, 3.63) is 28.8 Å². The van der Waals surface area contributed by atoms with Crippen molar-refractivity contribution in [3.8, 4) is 5.75 Å². The van der Waals surface area contributed by atoms with Crippen LogP contribution in [0.15, 0.2) is 18.2 Å². The van der Waals surface area contributed by atoms with Gasteiger partial charge in [0.2, 0.25) is 0 Å². The first kappa shape index (κ1) is 16.1. The molecular weight excluding hydrogens is 318 g/mol. The number of rotatable bonds is 5. The van der Waals surface area contributed by atoms with Crippen molar-refractivity contribution in [3.63, 3.8) is 0 Å². The van der Waals surface area contributed by atoms with Gasteiger partial charge < -0.3 is 14.7 Å². The topological polar surface area (TPSA) is 66.8 Å². The molecule has 1 saturated carbocycles. The lowest BCUT2D eigenvalue weighted by atomic mass is 9.92. The number of amides is 1. The number of aliphatic carboxylic acids is 1. The molecule has 6 heteroatoms. The number of carboxylic acid groups (broad SMARTS) is 1. The van der Waals surface area contributed by atoms with E-state index in [2.05, 4.69) is 0 Å². The lowest BCUT2D eigenvalue weighted by Gasteiger charge is -2.17. The molecule has 1 saturated heterocycles. The zero-order valence-electron chi connectivity index (χ0n) is 13.0. The SMILES string of the molecule is Cc1cc(Cl)ccc1OCC(=O)N1C[C@H](C(=O)O)[C@@H](C2CC2)C1. The number of benzene rings is 1. The normalized spacial score (nSPS) is 23.8. The van der Waals surface area contributed by atoms with Gasteiger partial charge in [0, 0.05) is 18.1 Å². The van der Waals surface area contributed by atoms with Crippen molar-refractivity contribution in [2.45, 2.75) is 19.8 Å². The molecule has 1 aliphatic carbocycles. The fraction of sp³-hybridized carbons (Fsp3) is 0.529. The Morgan fingerprint density at radius 1 is 1.35 bits per heavy atom. The van der Waals surface area contributed by atoms with Crippen LogP contribution >= 0.6 is 11.6 Å². The molecule has 1 heterocycles. The molecule has 5 nitrogen and oxygen atoms in total. The summed E-state index contributed by atoms with van der Waals surface area (Å²) in [6, 6.07) is 5.23. The maximum absolute atomic E-state index is 12.3. The van der Waals surface area contributed by atoms with Gasteiger partial charge in [-0.3, -0.25) is 9.59 Å². The molecule has 2 aliphatic rings. The molecule has 0 bridgehead atoms. The second-order valence-electron chi connectivity index (χ2n) is 6.44. The van der Waals surface area contributed by atoms with Crippen LogP contribution in [0.2, 0.25) is 5.02 Å². The Morgan fingerprint density at radius 2 is 2.09 bits per heavy atom. The quantitative estimate of drug-likeness (QED) is 0.896. The Kier molecular flexibility index (Phi) is 4.48. The molecule has 124 valence electrons. The van der Waals surface area contributed by atoms with E-state index in [9.17, 15) is 14.7 Å². The standard InChI is InChI=1S/C17H20ClNO4/c1-10-6-12(18)4-5-15(10)23-9-16(20)19-7-13(11-2-3-11)14(8-19)17(21)22/h4-6,11,13-14H,2-3,7-9H2,1H3,(H,21,22)/t13-,14+/m1/s1. The first-order valence-electron chi connectivity index (χ1n) is 7.85. The van der Waals surface area contributed by atoms with Crippen molar-refractivity contribution in [2.75, 3.05) is 19.7 Å². The molecule has 2 atom stereocenters. The number of carbonyl (C=O) groups is 2. The summed E-state index contributed by atoms with van der Waals surface area (Å²) in [5.41, 5.74) is 0.867. The van der Waals surface area contributed by atoms with E-state index in [1.807, 2.05) is 6.92 Å². The van der Waals surface area contributed by atoms with Crippen molar-refractivity contribution in [1.29, 1.82) is 0 Å². The molecule has 0 unspecified atom stereocenters. The third kappa shape index (κ3) is 3.61. The maximum atomic E-state index is 12.3. The Labute approximate surface area is 140 Å². The van der Waals surface area contributed by atoms with Crippen molar-refractivity contribution in [2.24, 2.45) is 17.8 Å². The van der Waals surface area contributed by atoms with Crippen molar-refractivity contribution in [1.82, 2.24) is 4.90 Å². The van der Waals surface area contributed by atoms with Crippen LogP contribution in [0.1, 0.15) is 18.4 Å². The zero-order chi connectivity index (χ0) is 16.6. The monoisotopic (exact) mass is 337 g/mol. The minimum Gasteiger partial charge on any atom is -0.483 e. The summed E-state index contributed by atoms with van der Waals surface area (Å²) in [4.78, 5) is 25.4. The summed E-state index contributed by atoms with van der Waals surface area (Å²) in [5.74, 6) is -0.221. The highest BCUT2D eigenvalue weighted by Gasteiger charge is 2.46. The van der Waals surface area contributed by atoms with E-state index < -0.39 is 11.9 Å². The zero-order valence-corrected chi connectivity index (χ0v) is 13.8. The van der Waals surface area contributed by atoms with Gasteiger partial charge in [0.25, 0.3) is 5.91 Å². The molecule has 1 aromatic rings. The number of carboxylic acids is 1. The highest BCUT2D eigenvalue weighted by Crippen LogP contribution is 2.44. The highest BCUT2D eigenvalue weighted by atomic mass is 35.5. The summed E-state index contributed by atoms with van der Waals surface area (Å²) >= 11 is 5.89. The molecule has 0 spiro atoms. The molecule has 0 radical (unpaired) electrons. The van der Waals surface area contributed by atoms with E-state index in [0.717, 1.165) is 18.4 Å². The second-order valence-corrected chi connectivity index (χ2v) is 6.88. The van der Waals surface area contributed by atoms with Crippen LogP contribution in [-0.2, 0) is 9.59 Å². The average molecular weight is 338 g/mol. The highest BCUT2D eigenvalue weighted by molar-refractivity contribution is 6.30. The number of halogens is 1. The summed E-state index contributed by atoms with van der Waals surface area (Å²) in [7, 11) is 0. The van der Waals surface area contributed by atoms with Crippen molar-refractivity contribution >= 4 is 23.5 Å². The Morgan fingerprint density at radius 3 is 2.70 bits per heavy atom. The van der Waals surface area contributed by atoms with E-state index in [1.165, 1.54) is 0 Å². The fourth-order valence-corrected chi connectivity index (χ4v) is 3.53. The number of aryl methyl sites for hydroxylation is 1. The van der Waals surface area contributed by atoms with Gasteiger partial charge in [-0.1, -0.05) is 11.6 Å². The number of ether oxygens (including phenoxy) is 1. The average Bonchev–Trinajstić information content (AvgIpc) is 3.24. The molecular formula is C17H20ClNO4. The van der Waals surface area contributed by atoms with Crippen LogP contribution < -0.4 is 4.74 Å². The molecule has 23 heavy (non-hydrogen) atoms. The van der Waals surface area contributed by atoms with Crippen LogP contribution in [0, 0.1) is 24.7 Å². The van der Waals surface area contributed by atoms with Crippen LogP contribution in [0.25, 0.3) is 0 Å². The third-order valence-corrected chi connectivity index (χ3v) is 4.99. The summed E-state index contributed by atoms with van der Waals surface area (Å²) in [6.07, 6.45) is 2.16. The van der Waals surface area contributed by atoms with Gasteiger partial charge in [-0.2, -0.15) is 0 Å².